The molecule has 5 heteroatoms. The van der Waals surface area contributed by atoms with E-state index < -0.39 is 10.0 Å². The normalized spacial score (nSPS) is 19.6. The highest BCUT2D eigenvalue weighted by molar-refractivity contribution is 7.89. The first-order valence-corrected chi connectivity index (χ1v) is 7.84. The number of hydrogen-bond donors (Lipinski definition) is 1. The van der Waals surface area contributed by atoms with Crippen molar-refractivity contribution in [3.63, 3.8) is 0 Å². The summed E-state index contributed by atoms with van der Waals surface area (Å²) in [6, 6.07) is 4.30. The Bertz CT molecular complexity index is 529. The first-order valence-electron chi connectivity index (χ1n) is 6.19. The fourth-order valence-corrected chi connectivity index (χ4v) is 3.65. The van der Waals surface area contributed by atoms with Crippen LogP contribution in [0.4, 0.5) is 5.69 Å². The highest BCUT2D eigenvalue weighted by atomic mass is 32.2. The van der Waals surface area contributed by atoms with E-state index in [9.17, 15) is 8.42 Å². The van der Waals surface area contributed by atoms with Gasteiger partial charge in [-0.15, -0.1) is 0 Å². The van der Waals surface area contributed by atoms with Gasteiger partial charge in [0.05, 0.1) is 5.75 Å². The quantitative estimate of drug-likeness (QED) is 0.836. The van der Waals surface area contributed by atoms with E-state index in [0.717, 1.165) is 6.54 Å². The predicted octanol–water partition coefficient (Wildman–Crippen LogP) is 1.35. The Morgan fingerprint density at radius 3 is 2.33 bits per heavy atom. The molecule has 0 atom stereocenters. The van der Waals surface area contributed by atoms with E-state index in [-0.39, 0.29) is 5.75 Å². The van der Waals surface area contributed by atoms with E-state index in [4.69, 9.17) is 0 Å². The molecule has 1 saturated heterocycles. The fourth-order valence-electron chi connectivity index (χ4n) is 2.65. The number of anilines is 1. The van der Waals surface area contributed by atoms with Crippen LogP contribution in [0.5, 0.6) is 0 Å². The SMILES string of the molecule is Cc1cc(C)c(N2CCNS(=O)(=O)CC2)c(C)c1. The second-order valence-corrected chi connectivity index (χ2v) is 6.87. The zero-order valence-corrected chi connectivity index (χ0v) is 12.0. The summed E-state index contributed by atoms with van der Waals surface area (Å²) in [7, 11) is -3.09. The molecule has 0 amide bonds. The Morgan fingerprint density at radius 1 is 1.11 bits per heavy atom. The molecular formula is C13H20N2O2S. The molecule has 1 aliphatic heterocycles. The van der Waals surface area contributed by atoms with Crippen LogP contribution < -0.4 is 9.62 Å². The topological polar surface area (TPSA) is 49.4 Å². The molecule has 0 spiro atoms. The van der Waals surface area contributed by atoms with Crippen molar-refractivity contribution < 1.29 is 8.42 Å². The van der Waals surface area contributed by atoms with Gasteiger partial charge in [0.2, 0.25) is 10.0 Å². The Labute approximate surface area is 109 Å². The summed E-state index contributed by atoms with van der Waals surface area (Å²) in [6.45, 7) is 8.02. The monoisotopic (exact) mass is 268 g/mol. The maximum absolute atomic E-state index is 11.5. The number of rotatable bonds is 1. The van der Waals surface area contributed by atoms with E-state index in [1.165, 1.54) is 22.4 Å². The van der Waals surface area contributed by atoms with Gasteiger partial charge in [-0.1, -0.05) is 17.7 Å². The lowest BCUT2D eigenvalue weighted by Crippen LogP contribution is -2.29. The van der Waals surface area contributed by atoms with Gasteiger partial charge in [-0.3, -0.25) is 0 Å². The molecule has 1 aromatic rings. The Morgan fingerprint density at radius 2 is 1.72 bits per heavy atom. The van der Waals surface area contributed by atoms with Crippen LogP contribution in [0.3, 0.4) is 0 Å². The number of hydrogen-bond acceptors (Lipinski definition) is 3. The Balaban J connectivity index is 2.32. The maximum Gasteiger partial charge on any atom is 0.213 e. The van der Waals surface area contributed by atoms with Crippen LogP contribution in [-0.4, -0.2) is 33.8 Å². The average molecular weight is 268 g/mol. The molecule has 1 fully saturated rings. The van der Waals surface area contributed by atoms with Crippen LogP contribution in [0.1, 0.15) is 16.7 Å². The highest BCUT2D eigenvalue weighted by Gasteiger charge is 2.20. The lowest BCUT2D eigenvalue weighted by Gasteiger charge is -2.26. The molecule has 0 radical (unpaired) electrons. The van der Waals surface area contributed by atoms with Crippen molar-refractivity contribution in [3.05, 3.63) is 28.8 Å². The minimum atomic E-state index is -3.09. The highest BCUT2D eigenvalue weighted by Crippen LogP contribution is 2.26. The van der Waals surface area contributed by atoms with Crippen molar-refractivity contribution in [2.24, 2.45) is 0 Å². The van der Waals surface area contributed by atoms with Crippen LogP contribution in [0, 0.1) is 20.8 Å². The van der Waals surface area contributed by atoms with E-state index in [1.807, 2.05) is 0 Å². The Hall–Kier alpha value is -1.07. The third kappa shape index (κ3) is 2.84. The van der Waals surface area contributed by atoms with Gasteiger partial charge in [0.1, 0.15) is 0 Å². The van der Waals surface area contributed by atoms with Crippen LogP contribution in [0.15, 0.2) is 12.1 Å². The second kappa shape index (κ2) is 4.90. The summed E-state index contributed by atoms with van der Waals surface area (Å²) >= 11 is 0. The van der Waals surface area contributed by atoms with Gasteiger partial charge < -0.3 is 4.90 Å². The lowest BCUT2D eigenvalue weighted by molar-refractivity contribution is 0.586. The zero-order valence-electron chi connectivity index (χ0n) is 11.2. The van der Waals surface area contributed by atoms with Gasteiger partial charge in [0.25, 0.3) is 0 Å². The molecule has 2 rings (SSSR count). The van der Waals surface area contributed by atoms with Crippen LogP contribution in [-0.2, 0) is 10.0 Å². The molecule has 1 aromatic carbocycles. The molecule has 1 heterocycles. The van der Waals surface area contributed by atoms with Crippen molar-refractivity contribution in [1.29, 1.82) is 0 Å². The number of nitrogens with one attached hydrogen (secondary N) is 1. The lowest BCUT2D eigenvalue weighted by atomic mass is 10.0. The van der Waals surface area contributed by atoms with E-state index in [0.29, 0.717) is 13.1 Å². The van der Waals surface area contributed by atoms with Gasteiger partial charge in [-0.25, -0.2) is 13.1 Å². The van der Waals surface area contributed by atoms with E-state index in [2.05, 4.69) is 42.5 Å². The van der Waals surface area contributed by atoms with Gasteiger partial charge in [0.15, 0.2) is 0 Å². The summed E-state index contributed by atoms with van der Waals surface area (Å²) in [6.07, 6.45) is 0. The summed E-state index contributed by atoms with van der Waals surface area (Å²) < 4.78 is 25.7. The van der Waals surface area contributed by atoms with Gasteiger partial charge in [0, 0.05) is 25.3 Å². The van der Waals surface area contributed by atoms with Gasteiger partial charge >= 0.3 is 0 Å². The van der Waals surface area contributed by atoms with Crippen LogP contribution >= 0.6 is 0 Å². The molecule has 0 aromatic heterocycles. The minimum absolute atomic E-state index is 0.166. The molecule has 0 unspecified atom stereocenters. The first kappa shape index (κ1) is 13.4. The summed E-state index contributed by atoms with van der Waals surface area (Å²) in [5, 5.41) is 0. The third-order valence-electron chi connectivity index (χ3n) is 3.29. The standard InChI is InChI=1S/C13H20N2O2S/c1-10-8-11(2)13(12(3)9-10)15-5-4-14-18(16,17)7-6-15/h8-9,14H,4-7H2,1-3H3. The average Bonchev–Trinajstić information content (AvgIpc) is 2.39. The van der Waals surface area contributed by atoms with Gasteiger partial charge in [-0.2, -0.15) is 0 Å². The molecule has 1 aliphatic rings. The summed E-state index contributed by atoms with van der Waals surface area (Å²) in [5.41, 5.74) is 4.85. The largest absolute Gasteiger partial charge is 0.369 e. The van der Waals surface area contributed by atoms with Gasteiger partial charge in [-0.05, 0) is 31.9 Å². The molecular weight excluding hydrogens is 248 g/mol. The smallest absolute Gasteiger partial charge is 0.213 e. The molecule has 4 nitrogen and oxygen atoms in total. The van der Waals surface area contributed by atoms with E-state index >= 15 is 0 Å². The number of nitrogens with zero attached hydrogens (tertiary/aromatic N) is 1. The molecule has 0 aliphatic carbocycles. The molecule has 18 heavy (non-hydrogen) atoms. The molecule has 1 N–H and O–H groups in total. The van der Waals surface area contributed by atoms with Crippen molar-refractivity contribution in [2.45, 2.75) is 20.8 Å². The second-order valence-electron chi connectivity index (χ2n) is 4.95. The number of benzene rings is 1. The third-order valence-corrected chi connectivity index (χ3v) is 4.65. The number of sulfonamides is 1. The summed E-state index contributed by atoms with van der Waals surface area (Å²) in [5.74, 6) is 0.166. The molecule has 0 bridgehead atoms. The number of aryl methyl sites for hydroxylation is 3. The Kier molecular flexibility index (Phi) is 3.64. The molecule has 0 saturated carbocycles. The molecule has 100 valence electrons. The first-order chi connectivity index (χ1) is 8.39. The van der Waals surface area contributed by atoms with Crippen molar-refractivity contribution in [1.82, 2.24) is 4.72 Å². The van der Waals surface area contributed by atoms with Crippen molar-refractivity contribution >= 4 is 15.7 Å². The van der Waals surface area contributed by atoms with Crippen LogP contribution in [0.25, 0.3) is 0 Å². The zero-order chi connectivity index (χ0) is 13.3. The maximum atomic E-state index is 11.5. The summed E-state index contributed by atoms with van der Waals surface area (Å²) in [4.78, 5) is 2.17. The van der Waals surface area contributed by atoms with Crippen LogP contribution in [0.2, 0.25) is 0 Å². The van der Waals surface area contributed by atoms with E-state index in [1.54, 1.807) is 0 Å². The minimum Gasteiger partial charge on any atom is -0.369 e. The van der Waals surface area contributed by atoms with Crippen molar-refractivity contribution in [2.75, 3.05) is 30.3 Å². The van der Waals surface area contributed by atoms with Crippen molar-refractivity contribution in [3.8, 4) is 0 Å². The fraction of sp³-hybridized carbons (Fsp3) is 0.538. The predicted molar refractivity (Wildman–Crippen MR) is 74.7 cm³/mol.